The van der Waals surface area contributed by atoms with E-state index in [0.717, 1.165) is 0 Å². The van der Waals surface area contributed by atoms with Crippen molar-refractivity contribution in [1.29, 1.82) is 0 Å². The van der Waals surface area contributed by atoms with Gasteiger partial charge in [0.25, 0.3) is 11.8 Å². The highest BCUT2D eigenvalue weighted by Crippen LogP contribution is 2.02. The van der Waals surface area contributed by atoms with Gasteiger partial charge >= 0.3 is 0 Å². The van der Waals surface area contributed by atoms with Crippen LogP contribution >= 0.6 is 0 Å². The number of carbonyl (C=O) groups excluding carboxylic acids is 2. The molecule has 0 fully saturated rings. The molecule has 0 saturated heterocycles. The molecule has 2 amide bonds. The fourth-order valence-corrected chi connectivity index (χ4v) is 1.15. The monoisotopic (exact) mass is 242 g/mol. The lowest BCUT2D eigenvalue weighted by molar-refractivity contribution is 0.0906. The average molecular weight is 242 g/mol. The third kappa shape index (κ3) is 3.54. The summed E-state index contributed by atoms with van der Waals surface area (Å²) in [6.45, 7) is -0.201. The van der Waals surface area contributed by atoms with Crippen LogP contribution in [0.5, 0.6) is 0 Å². The van der Waals surface area contributed by atoms with Crippen molar-refractivity contribution in [3.05, 3.63) is 17.7 Å². The lowest BCUT2D eigenvalue weighted by Gasteiger charge is -2.04. The predicted octanol–water partition coefficient (Wildman–Crippen LogP) is -2.15. The number of aliphatic hydroxyl groups excluding tert-OH is 2. The van der Waals surface area contributed by atoms with E-state index in [1.807, 2.05) is 0 Å². The number of aliphatic hydroxyl groups is 2. The van der Waals surface area contributed by atoms with Gasteiger partial charge in [-0.3, -0.25) is 9.59 Å². The van der Waals surface area contributed by atoms with Crippen molar-refractivity contribution in [2.75, 3.05) is 26.3 Å². The summed E-state index contributed by atoms with van der Waals surface area (Å²) >= 11 is 0. The van der Waals surface area contributed by atoms with Gasteiger partial charge in [0.1, 0.15) is 5.69 Å². The van der Waals surface area contributed by atoms with Crippen LogP contribution < -0.4 is 10.6 Å². The van der Waals surface area contributed by atoms with Gasteiger partial charge in [-0.2, -0.15) is 0 Å². The van der Waals surface area contributed by atoms with E-state index in [4.69, 9.17) is 10.2 Å². The summed E-state index contributed by atoms with van der Waals surface area (Å²) < 4.78 is 0. The van der Waals surface area contributed by atoms with E-state index in [1.165, 1.54) is 6.33 Å². The molecule has 1 aromatic rings. The van der Waals surface area contributed by atoms with Gasteiger partial charge in [-0.05, 0) is 0 Å². The van der Waals surface area contributed by atoms with Crippen LogP contribution in [0, 0.1) is 0 Å². The van der Waals surface area contributed by atoms with Gasteiger partial charge < -0.3 is 25.8 Å². The third-order valence-electron chi connectivity index (χ3n) is 1.88. The number of amides is 2. The first-order valence-electron chi connectivity index (χ1n) is 5.02. The van der Waals surface area contributed by atoms with E-state index in [9.17, 15) is 9.59 Å². The summed E-state index contributed by atoms with van der Waals surface area (Å²) in [5.74, 6) is -1.07. The molecule has 0 spiro atoms. The maximum absolute atomic E-state index is 11.5. The topological polar surface area (TPSA) is 127 Å². The summed E-state index contributed by atoms with van der Waals surface area (Å²) in [6, 6.07) is 0. The van der Waals surface area contributed by atoms with Gasteiger partial charge in [-0.1, -0.05) is 0 Å². The first-order chi connectivity index (χ1) is 8.20. The van der Waals surface area contributed by atoms with Crippen LogP contribution in [-0.2, 0) is 0 Å². The van der Waals surface area contributed by atoms with Gasteiger partial charge in [0.15, 0.2) is 5.69 Å². The molecule has 1 heterocycles. The standard InChI is InChI=1S/C9H14N4O4/c14-3-1-10-8(16)6-7(13-5-12-6)9(17)11-2-4-15/h5,14-15H,1-4H2,(H,10,16)(H,11,17)(H,12,13). The highest BCUT2D eigenvalue weighted by atomic mass is 16.3. The summed E-state index contributed by atoms with van der Waals surface area (Å²) in [4.78, 5) is 29.3. The smallest absolute Gasteiger partial charge is 0.272 e. The predicted molar refractivity (Wildman–Crippen MR) is 57.4 cm³/mol. The number of carbonyl (C=O) groups is 2. The van der Waals surface area contributed by atoms with E-state index < -0.39 is 11.8 Å². The van der Waals surface area contributed by atoms with Gasteiger partial charge in [-0.25, -0.2) is 4.98 Å². The van der Waals surface area contributed by atoms with Crippen molar-refractivity contribution >= 4 is 11.8 Å². The molecule has 0 aliphatic heterocycles. The van der Waals surface area contributed by atoms with E-state index >= 15 is 0 Å². The van der Waals surface area contributed by atoms with Crippen molar-refractivity contribution < 1.29 is 19.8 Å². The van der Waals surface area contributed by atoms with Crippen LogP contribution in [0.3, 0.4) is 0 Å². The Morgan fingerprint density at radius 3 is 2.35 bits per heavy atom. The number of rotatable bonds is 6. The zero-order chi connectivity index (χ0) is 12.7. The molecule has 5 N–H and O–H groups in total. The van der Waals surface area contributed by atoms with Crippen molar-refractivity contribution in [3.63, 3.8) is 0 Å². The largest absolute Gasteiger partial charge is 0.395 e. The van der Waals surface area contributed by atoms with E-state index in [-0.39, 0.29) is 37.7 Å². The number of nitrogens with one attached hydrogen (secondary N) is 3. The van der Waals surface area contributed by atoms with Crippen molar-refractivity contribution in [1.82, 2.24) is 20.6 Å². The Hall–Kier alpha value is -1.93. The fraction of sp³-hybridized carbons (Fsp3) is 0.444. The number of nitrogens with zero attached hydrogens (tertiary/aromatic N) is 1. The van der Waals surface area contributed by atoms with Gasteiger partial charge in [0.05, 0.1) is 19.5 Å². The number of aromatic nitrogens is 2. The minimum absolute atomic E-state index is 0.0221. The van der Waals surface area contributed by atoms with Crippen LogP contribution in [0.25, 0.3) is 0 Å². The normalized spacial score (nSPS) is 10.0. The zero-order valence-electron chi connectivity index (χ0n) is 9.06. The molecule has 1 rings (SSSR count). The Morgan fingerprint density at radius 1 is 1.18 bits per heavy atom. The Kier molecular flexibility index (Phi) is 5.11. The van der Waals surface area contributed by atoms with Gasteiger partial charge in [-0.15, -0.1) is 0 Å². The van der Waals surface area contributed by atoms with Gasteiger partial charge in [0.2, 0.25) is 0 Å². The molecule has 0 radical (unpaired) electrons. The quantitative estimate of drug-likeness (QED) is 0.389. The molecular formula is C9H14N4O4. The molecule has 0 saturated carbocycles. The summed E-state index contributed by atoms with van der Waals surface area (Å²) in [5.41, 5.74) is -0.0252. The van der Waals surface area contributed by atoms with Crippen LogP contribution in [-0.4, -0.2) is 58.3 Å². The third-order valence-corrected chi connectivity index (χ3v) is 1.88. The van der Waals surface area contributed by atoms with Crippen LogP contribution in [0.4, 0.5) is 0 Å². The van der Waals surface area contributed by atoms with Gasteiger partial charge in [0, 0.05) is 13.1 Å². The average Bonchev–Trinajstić information content (AvgIpc) is 2.82. The minimum Gasteiger partial charge on any atom is -0.395 e. The fourth-order valence-electron chi connectivity index (χ4n) is 1.15. The first-order valence-corrected chi connectivity index (χ1v) is 5.02. The second kappa shape index (κ2) is 6.61. The van der Waals surface area contributed by atoms with E-state index in [0.29, 0.717) is 0 Å². The molecule has 94 valence electrons. The molecule has 0 aliphatic carbocycles. The maximum Gasteiger partial charge on any atom is 0.272 e. The highest BCUT2D eigenvalue weighted by molar-refractivity contribution is 6.04. The molecule has 8 nitrogen and oxygen atoms in total. The number of hydrogen-bond donors (Lipinski definition) is 5. The molecule has 0 aliphatic rings. The Bertz CT molecular complexity index is 356. The Morgan fingerprint density at radius 2 is 1.76 bits per heavy atom. The molecule has 0 unspecified atom stereocenters. The molecular weight excluding hydrogens is 228 g/mol. The summed E-state index contributed by atoms with van der Waals surface area (Å²) in [6.07, 6.45) is 1.22. The van der Waals surface area contributed by atoms with Crippen LogP contribution in [0.1, 0.15) is 21.0 Å². The number of aromatic amines is 1. The zero-order valence-corrected chi connectivity index (χ0v) is 9.06. The summed E-state index contributed by atoms with van der Waals surface area (Å²) in [5, 5.41) is 21.9. The molecule has 17 heavy (non-hydrogen) atoms. The van der Waals surface area contributed by atoms with Crippen LogP contribution in [0.15, 0.2) is 6.33 Å². The first kappa shape index (κ1) is 13.1. The minimum atomic E-state index is -0.547. The number of hydrogen-bond acceptors (Lipinski definition) is 5. The SMILES string of the molecule is O=C(NCCO)c1nc[nH]c1C(=O)NCCO. The number of imidazole rings is 1. The molecule has 1 aromatic heterocycles. The van der Waals surface area contributed by atoms with E-state index in [1.54, 1.807) is 0 Å². The molecule has 0 atom stereocenters. The van der Waals surface area contributed by atoms with Crippen molar-refractivity contribution in [3.8, 4) is 0 Å². The maximum atomic E-state index is 11.5. The summed E-state index contributed by atoms with van der Waals surface area (Å²) in [7, 11) is 0. The second-order valence-corrected chi connectivity index (χ2v) is 3.09. The van der Waals surface area contributed by atoms with Crippen molar-refractivity contribution in [2.45, 2.75) is 0 Å². The van der Waals surface area contributed by atoms with E-state index in [2.05, 4.69) is 20.6 Å². The highest BCUT2D eigenvalue weighted by Gasteiger charge is 2.19. The molecule has 0 bridgehead atoms. The molecule has 0 aromatic carbocycles. The van der Waals surface area contributed by atoms with Crippen molar-refractivity contribution in [2.24, 2.45) is 0 Å². The molecule has 8 heteroatoms. The lowest BCUT2D eigenvalue weighted by atomic mass is 10.3. The Labute approximate surface area is 97.1 Å². The lowest BCUT2D eigenvalue weighted by Crippen LogP contribution is -2.32. The second-order valence-electron chi connectivity index (χ2n) is 3.09. The Balaban J connectivity index is 2.71. The van der Waals surface area contributed by atoms with Crippen LogP contribution in [0.2, 0.25) is 0 Å². The number of H-pyrrole nitrogens is 1.